The molecule has 0 amide bonds. The van der Waals surface area contributed by atoms with Gasteiger partial charge in [0, 0.05) is 6.54 Å². The first-order chi connectivity index (χ1) is 8.74. The highest BCUT2D eigenvalue weighted by atomic mass is 16.3. The van der Waals surface area contributed by atoms with E-state index < -0.39 is 6.10 Å². The van der Waals surface area contributed by atoms with Crippen molar-refractivity contribution in [3.05, 3.63) is 41.9 Å². The molecule has 0 aliphatic carbocycles. The lowest BCUT2D eigenvalue weighted by atomic mass is 10.1. The predicted molar refractivity (Wildman–Crippen MR) is 72.0 cm³/mol. The molecule has 0 radical (unpaired) electrons. The molecule has 2 aromatic rings. The SMILES string of the molecule is CCCc1ccc(-c2cnc(C(O)CN)[nH]2)cc1. The molecule has 1 unspecified atom stereocenters. The van der Waals surface area contributed by atoms with Crippen LogP contribution in [0.15, 0.2) is 30.5 Å². The molecule has 1 heterocycles. The van der Waals surface area contributed by atoms with Gasteiger partial charge in [-0.3, -0.25) is 0 Å². The van der Waals surface area contributed by atoms with Gasteiger partial charge in [-0.1, -0.05) is 37.6 Å². The van der Waals surface area contributed by atoms with Gasteiger partial charge in [0.1, 0.15) is 11.9 Å². The van der Waals surface area contributed by atoms with E-state index in [4.69, 9.17) is 5.73 Å². The topological polar surface area (TPSA) is 74.9 Å². The summed E-state index contributed by atoms with van der Waals surface area (Å²) in [5.41, 5.74) is 8.70. The zero-order chi connectivity index (χ0) is 13.0. The van der Waals surface area contributed by atoms with Gasteiger partial charge in [-0.15, -0.1) is 0 Å². The van der Waals surface area contributed by atoms with E-state index in [2.05, 4.69) is 41.2 Å². The first-order valence-electron chi connectivity index (χ1n) is 6.27. The number of aromatic nitrogens is 2. The van der Waals surface area contributed by atoms with Crippen molar-refractivity contribution in [2.75, 3.05) is 6.54 Å². The fourth-order valence-corrected chi connectivity index (χ4v) is 1.90. The van der Waals surface area contributed by atoms with E-state index in [0.717, 1.165) is 24.1 Å². The van der Waals surface area contributed by atoms with E-state index in [1.165, 1.54) is 5.56 Å². The minimum absolute atomic E-state index is 0.169. The monoisotopic (exact) mass is 245 g/mol. The second kappa shape index (κ2) is 5.80. The van der Waals surface area contributed by atoms with Gasteiger partial charge in [-0.05, 0) is 17.5 Å². The summed E-state index contributed by atoms with van der Waals surface area (Å²) in [5.74, 6) is 0.519. The largest absolute Gasteiger partial charge is 0.384 e. The number of benzene rings is 1. The number of aliphatic hydroxyl groups is 1. The minimum atomic E-state index is -0.724. The molecule has 0 aliphatic heterocycles. The van der Waals surface area contributed by atoms with E-state index in [1.807, 2.05) is 0 Å². The van der Waals surface area contributed by atoms with Gasteiger partial charge < -0.3 is 15.8 Å². The Morgan fingerprint density at radius 2 is 2.06 bits per heavy atom. The highest BCUT2D eigenvalue weighted by molar-refractivity contribution is 5.58. The van der Waals surface area contributed by atoms with Crippen molar-refractivity contribution >= 4 is 0 Å². The third-order valence-corrected chi connectivity index (χ3v) is 2.94. The Morgan fingerprint density at radius 1 is 1.33 bits per heavy atom. The quantitative estimate of drug-likeness (QED) is 0.754. The Kier molecular flexibility index (Phi) is 4.12. The first-order valence-corrected chi connectivity index (χ1v) is 6.27. The molecule has 4 heteroatoms. The van der Waals surface area contributed by atoms with Crippen LogP contribution < -0.4 is 5.73 Å². The molecule has 0 aliphatic rings. The number of nitrogens with one attached hydrogen (secondary N) is 1. The molecule has 96 valence electrons. The summed E-state index contributed by atoms with van der Waals surface area (Å²) < 4.78 is 0. The highest BCUT2D eigenvalue weighted by Crippen LogP contribution is 2.20. The van der Waals surface area contributed by atoms with Crippen molar-refractivity contribution < 1.29 is 5.11 Å². The molecular weight excluding hydrogens is 226 g/mol. The Balaban J connectivity index is 2.18. The summed E-state index contributed by atoms with van der Waals surface area (Å²) in [4.78, 5) is 7.23. The summed E-state index contributed by atoms with van der Waals surface area (Å²) >= 11 is 0. The first kappa shape index (κ1) is 12.8. The van der Waals surface area contributed by atoms with E-state index in [-0.39, 0.29) is 6.54 Å². The number of aromatic amines is 1. The maximum absolute atomic E-state index is 9.58. The van der Waals surface area contributed by atoms with Gasteiger partial charge >= 0.3 is 0 Å². The molecular formula is C14H19N3O. The molecule has 1 aromatic carbocycles. The van der Waals surface area contributed by atoms with Gasteiger partial charge in [-0.25, -0.2) is 4.98 Å². The number of H-pyrrole nitrogens is 1. The van der Waals surface area contributed by atoms with Crippen LogP contribution in [-0.2, 0) is 6.42 Å². The average molecular weight is 245 g/mol. The molecule has 0 bridgehead atoms. The van der Waals surface area contributed by atoms with E-state index in [9.17, 15) is 5.11 Å². The lowest BCUT2D eigenvalue weighted by Gasteiger charge is -2.03. The molecule has 2 rings (SSSR count). The second-order valence-electron chi connectivity index (χ2n) is 4.38. The summed E-state index contributed by atoms with van der Waals surface area (Å²) in [7, 11) is 0. The number of hydrogen-bond acceptors (Lipinski definition) is 3. The van der Waals surface area contributed by atoms with Crippen LogP contribution >= 0.6 is 0 Å². The van der Waals surface area contributed by atoms with Crippen molar-refractivity contribution in [2.24, 2.45) is 5.73 Å². The molecule has 1 aromatic heterocycles. The smallest absolute Gasteiger partial charge is 0.136 e. The molecule has 4 N–H and O–H groups in total. The number of nitrogens with two attached hydrogens (primary N) is 1. The minimum Gasteiger partial charge on any atom is -0.384 e. The molecule has 0 saturated carbocycles. The third-order valence-electron chi connectivity index (χ3n) is 2.94. The number of imidazole rings is 1. The number of rotatable bonds is 5. The van der Waals surface area contributed by atoms with Crippen molar-refractivity contribution in [1.82, 2.24) is 9.97 Å². The Hall–Kier alpha value is -1.65. The van der Waals surface area contributed by atoms with Crippen LogP contribution in [0.2, 0.25) is 0 Å². The Labute approximate surface area is 107 Å². The highest BCUT2D eigenvalue weighted by Gasteiger charge is 2.10. The van der Waals surface area contributed by atoms with Gasteiger partial charge in [0.15, 0.2) is 0 Å². The normalized spacial score (nSPS) is 12.6. The van der Waals surface area contributed by atoms with Crippen LogP contribution in [-0.4, -0.2) is 21.6 Å². The van der Waals surface area contributed by atoms with Crippen molar-refractivity contribution in [1.29, 1.82) is 0 Å². The van der Waals surface area contributed by atoms with Crippen LogP contribution in [0.1, 0.15) is 30.8 Å². The molecule has 1 atom stereocenters. The zero-order valence-corrected chi connectivity index (χ0v) is 10.6. The molecule has 4 nitrogen and oxygen atoms in total. The summed E-state index contributed by atoms with van der Waals surface area (Å²) in [5, 5.41) is 9.58. The van der Waals surface area contributed by atoms with Crippen LogP contribution in [0.3, 0.4) is 0 Å². The third kappa shape index (κ3) is 2.78. The standard InChI is InChI=1S/C14H19N3O/c1-2-3-10-4-6-11(7-5-10)12-9-16-14(17-12)13(18)8-15/h4-7,9,13,18H,2-3,8,15H2,1H3,(H,16,17). The number of aliphatic hydroxyl groups excluding tert-OH is 1. The lowest BCUT2D eigenvalue weighted by Crippen LogP contribution is -2.12. The van der Waals surface area contributed by atoms with Crippen LogP contribution in [0.5, 0.6) is 0 Å². The van der Waals surface area contributed by atoms with E-state index in [0.29, 0.717) is 5.82 Å². The van der Waals surface area contributed by atoms with E-state index in [1.54, 1.807) is 6.20 Å². The Morgan fingerprint density at radius 3 is 2.67 bits per heavy atom. The van der Waals surface area contributed by atoms with Gasteiger partial charge in [0.05, 0.1) is 11.9 Å². The number of aryl methyl sites for hydroxylation is 1. The number of hydrogen-bond donors (Lipinski definition) is 3. The van der Waals surface area contributed by atoms with Crippen molar-refractivity contribution in [3.63, 3.8) is 0 Å². The average Bonchev–Trinajstić information content (AvgIpc) is 2.89. The number of nitrogens with zero attached hydrogens (tertiary/aromatic N) is 1. The predicted octanol–water partition coefficient (Wildman–Crippen LogP) is 2.02. The molecule has 0 fully saturated rings. The van der Waals surface area contributed by atoms with Gasteiger partial charge in [0.25, 0.3) is 0 Å². The fourth-order valence-electron chi connectivity index (χ4n) is 1.90. The maximum atomic E-state index is 9.58. The molecule has 0 spiro atoms. The summed E-state index contributed by atoms with van der Waals surface area (Å²) in [6.07, 6.45) is 3.25. The van der Waals surface area contributed by atoms with Crippen LogP contribution in [0.25, 0.3) is 11.3 Å². The fraction of sp³-hybridized carbons (Fsp3) is 0.357. The molecule has 0 saturated heterocycles. The lowest BCUT2D eigenvalue weighted by molar-refractivity contribution is 0.177. The van der Waals surface area contributed by atoms with Crippen LogP contribution in [0.4, 0.5) is 0 Å². The molecule has 18 heavy (non-hydrogen) atoms. The van der Waals surface area contributed by atoms with Gasteiger partial charge in [-0.2, -0.15) is 0 Å². The summed E-state index contributed by atoms with van der Waals surface area (Å²) in [6.45, 7) is 2.34. The zero-order valence-electron chi connectivity index (χ0n) is 10.6. The second-order valence-corrected chi connectivity index (χ2v) is 4.38. The van der Waals surface area contributed by atoms with Crippen LogP contribution in [0, 0.1) is 0 Å². The van der Waals surface area contributed by atoms with Crippen molar-refractivity contribution in [2.45, 2.75) is 25.9 Å². The van der Waals surface area contributed by atoms with Crippen molar-refractivity contribution in [3.8, 4) is 11.3 Å². The summed E-state index contributed by atoms with van der Waals surface area (Å²) in [6, 6.07) is 8.38. The maximum Gasteiger partial charge on any atom is 0.136 e. The van der Waals surface area contributed by atoms with Gasteiger partial charge in [0.2, 0.25) is 0 Å². The van der Waals surface area contributed by atoms with E-state index >= 15 is 0 Å². The Bertz CT molecular complexity index is 490.